The van der Waals surface area contributed by atoms with Crippen LogP contribution in [0.5, 0.6) is 0 Å². The lowest BCUT2D eigenvalue weighted by molar-refractivity contribution is 0.247. The molecule has 0 amide bonds. The Hall–Kier alpha value is -0.930. The van der Waals surface area contributed by atoms with Crippen molar-refractivity contribution in [1.29, 1.82) is 0 Å². The monoisotopic (exact) mass is 249 g/mol. The standard InChI is InChI=1S/C15H27N3/c1-5-13(2)17-12-14(3)18(4)11-9-15-8-6-7-10-16-15/h6-8,10,13-14,17H,5,9,11-12H2,1-4H3. The number of likely N-dealkylation sites (N-methyl/N-ethyl adjacent to an activating group) is 1. The molecule has 0 aliphatic rings. The number of hydrogen-bond donors (Lipinski definition) is 1. The van der Waals surface area contributed by atoms with Crippen molar-refractivity contribution >= 4 is 0 Å². The van der Waals surface area contributed by atoms with Gasteiger partial charge in [0.25, 0.3) is 0 Å². The summed E-state index contributed by atoms with van der Waals surface area (Å²) in [6.07, 6.45) is 4.07. The summed E-state index contributed by atoms with van der Waals surface area (Å²) in [5, 5.41) is 3.55. The summed E-state index contributed by atoms with van der Waals surface area (Å²) in [6.45, 7) is 8.83. The van der Waals surface area contributed by atoms with E-state index in [-0.39, 0.29) is 0 Å². The van der Waals surface area contributed by atoms with Gasteiger partial charge < -0.3 is 10.2 Å². The first-order chi connectivity index (χ1) is 8.63. The minimum absolute atomic E-state index is 0.558. The van der Waals surface area contributed by atoms with Crippen molar-refractivity contribution in [1.82, 2.24) is 15.2 Å². The van der Waals surface area contributed by atoms with Crippen LogP contribution in [-0.4, -0.2) is 42.1 Å². The van der Waals surface area contributed by atoms with Crippen molar-refractivity contribution < 1.29 is 0 Å². The van der Waals surface area contributed by atoms with Gasteiger partial charge in [0.05, 0.1) is 0 Å². The van der Waals surface area contributed by atoms with Gasteiger partial charge in [0.15, 0.2) is 0 Å². The third kappa shape index (κ3) is 5.61. The van der Waals surface area contributed by atoms with Gasteiger partial charge in [0, 0.05) is 43.5 Å². The highest BCUT2D eigenvalue weighted by molar-refractivity contribution is 5.03. The summed E-state index contributed by atoms with van der Waals surface area (Å²) < 4.78 is 0. The van der Waals surface area contributed by atoms with Gasteiger partial charge in [-0.1, -0.05) is 13.0 Å². The van der Waals surface area contributed by atoms with Gasteiger partial charge in [-0.15, -0.1) is 0 Å². The normalized spacial score (nSPS) is 14.7. The summed E-state index contributed by atoms with van der Waals surface area (Å²) in [7, 11) is 2.19. The molecular weight excluding hydrogens is 222 g/mol. The van der Waals surface area contributed by atoms with E-state index < -0.39 is 0 Å². The van der Waals surface area contributed by atoms with Gasteiger partial charge >= 0.3 is 0 Å². The zero-order valence-corrected chi connectivity index (χ0v) is 12.2. The third-order valence-electron chi connectivity index (χ3n) is 3.57. The van der Waals surface area contributed by atoms with Crippen LogP contribution in [0, 0.1) is 0 Å². The maximum absolute atomic E-state index is 4.36. The van der Waals surface area contributed by atoms with Gasteiger partial charge in [0.1, 0.15) is 0 Å². The van der Waals surface area contributed by atoms with Gasteiger partial charge in [-0.2, -0.15) is 0 Å². The number of nitrogens with zero attached hydrogens (tertiary/aromatic N) is 2. The highest BCUT2D eigenvalue weighted by Crippen LogP contribution is 2.00. The Balaban J connectivity index is 2.25. The van der Waals surface area contributed by atoms with E-state index in [4.69, 9.17) is 0 Å². The molecule has 1 rings (SSSR count). The van der Waals surface area contributed by atoms with Crippen LogP contribution in [0.25, 0.3) is 0 Å². The molecule has 0 fully saturated rings. The fourth-order valence-corrected chi connectivity index (χ4v) is 1.73. The number of aromatic nitrogens is 1. The smallest absolute Gasteiger partial charge is 0.0416 e. The third-order valence-corrected chi connectivity index (χ3v) is 3.57. The molecule has 102 valence electrons. The molecule has 0 aliphatic heterocycles. The Kier molecular flexibility index (Phi) is 6.91. The molecule has 0 saturated carbocycles. The lowest BCUT2D eigenvalue weighted by Crippen LogP contribution is -2.41. The Labute approximate surface area is 112 Å². The molecule has 3 heteroatoms. The molecule has 2 unspecified atom stereocenters. The molecule has 3 nitrogen and oxygen atoms in total. The first kappa shape index (κ1) is 15.1. The van der Waals surface area contributed by atoms with E-state index in [9.17, 15) is 0 Å². The Morgan fingerprint density at radius 2 is 2.11 bits per heavy atom. The molecule has 0 spiro atoms. The summed E-state index contributed by atoms with van der Waals surface area (Å²) >= 11 is 0. The van der Waals surface area contributed by atoms with Gasteiger partial charge in [-0.05, 0) is 39.4 Å². The molecule has 0 radical (unpaired) electrons. The Morgan fingerprint density at radius 3 is 2.72 bits per heavy atom. The van der Waals surface area contributed by atoms with Gasteiger partial charge in [0.2, 0.25) is 0 Å². The first-order valence-corrected chi connectivity index (χ1v) is 6.97. The quantitative estimate of drug-likeness (QED) is 0.766. The van der Waals surface area contributed by atoms with Crippen molar-refractivity contribution in [2.75, 3.05) is 20.1 Å². The van der Waals surface area contributed by atoms with E-state index in [2.05, 4.69) is 55.2 Å². The second kappa shape index (κ2) is 8.22. The minimum Gasteiger partial charge on any atom is -0.313 e. The summed E-state index contributed by atoms with van der Waals surface area (Å²) in [5.74, 6) is 0. The molecule has 1 N–H and O–H groups in total. The second-order valence-corrected chi connectivity index (χ2v) is 5.12. The molecule has 1 aromatic rings. The van der Waals surface area contributed by atoms with Crippen LogP contribution in [0.15, 0.2) is 24.4 Å². The lowest BCUT2D eigenvalue weighted by atomic mass is 10.2. The molecule has 0 saturated heterocycles. The average Bonchev–Trinajstić information content (AvgIpc) is 2.42. The fourth-order valence-electron chi connectivity index (χ4n) is 1.73. The fraction of sp³-hybridized carbons (Fsp3) is 0.667. The van der Waals surface area contributed by atoms with Gasteiger partial charge in [-0.25, -0.2) is 0 Å². The average molecular weight is 249 g/mol. The SMILES string of the molecule is CCC(C)NCC(C)N(C)CCc1ccccn1. The van der Waals surface area contributed by atoms with E-state index in [1.807, 2.05) is 12.3 Å². The first-order valence-electron chi connectivity index (χ1n) is 6.97. The zero-order valence-electron chi connectivity index (χ0n) is 12.2. The number of hydrogen-bond acceptors (Lipinski definition) is 3. The summed E-state index contributed by atoms with van der Waals surface area (Å²) in [6, 6.07) is 7.28. The highest BCUT2D eigenvalue weighted by Gasteiger charge is 2.10. The summed E-state index contributed by atoms with van der Waals surface area (Å²) in [4.78, 5) is 6.75. The van der Waals surface area contributed by atoms with Crippen LogP contribution in [-0.2, 0) is 6.42 Å². The Bertz CT molecular complexity index is 313. The highest BCUT2D eigenvalue weighted by atomic mass is 15.1. The van der Waals surface area contributed by atoms with Crippen molar-refractivity contribution in [2.45, 2.75) is 45.7 Å². The predicted octanol–water partition coefficient (Wildman–Crippen LogP) is 2.33. The van der Waals surface area contributed by atoms with E-state index in [1.54, 1.807) is 0 Å². The Morgan fingerprint density at radius 1 is 1.33 bits per heavy atom. The van der Waals surface area contributed by atoms with E-state index in [1.165, 1.54) is 12.1 Å². The zero-order chi connectivity index (χ0) is 13.4. The largest absolute Gasteiger partial charge is 0.313 e. The molecule has 18 heavy (non-hydrogen) atoms. The van der Waals surface area contributed by atoms with Crippen LogP contribution in [0.3, 0.4) is 0 Å². The van der Waals surface area contributed by atoms with Gasteiger partial charge in [-0.3, -0.25) is 4.98 Å². The molecule has 0 aliphatic carbocycles. The van der Waals surface area contributed by atoms with Crippen LogP contribution in [0.1, 0.15) is 32.9 Å². The maximum Gasteiger partial charge on any atom is 0.0416 e. The van der Waals surface area contributed by atoms with Crippen LogP contribution < -0.4 is 5.32 Å². The lowest BCUT2D eigenvalue weighted by Gasteiger charge is -2.26. The minimum atomic E-state index is 0.558. The number of rotatable bonds is 8. The van der Waals surface area contributed by atoms with E-state index >= 15 is 0 Å². The van der Waals surface area contributed by atoms with Crippen LogP contribution in [0.2, 0.25) is 0 Å². The van der Waals surface area contributed by atoms with Crippen molar-refractivity contribution in [3.63, 3.8) is 0 Å². The van der Waals surface area contributed by atoms with Crippen molar-refractivity contribution in [2.24, 2.45) is 0 Å². The maximum atomic E-state index is 4.36. The number of pyridine rings is 1. The second-order valence-electron chi connectivity index (χ2n) is 5.12. The van der Waals surface area contributed by atoms with Crippen molar-refractivity contribution in [3.05, 3.63) is 30.1 Å². The summed E-state index contributed by atoms with van der Waals surface area (Å²) in [5.41, 5.74) is 1.17. The number of nitrogens with one attached hydrogen (secondary N) is 1. The topological polar surface area (TPSA) is 28.2 Å². The molecule has 1 heterocycles. The predicted molar refractivity (Wildman–Crippen MR) is 77.8 cm³/mol. The molecule has 2 atom stereocenters. The molecular formula is C15H27N3. The van der Waals surface area contributed by atoms with E-state index in [0.717, 1.165) is 19.5 Å². The molecule has 1 aromatic heterocycles. The van der Waals surface area contributed by atoms with Crippen molar-refractivity contribution in [3.8, 4) is 0 Å². The van der Waals surface area contributed by atoms with Crippen LogP contribution >= 0.6 is 0 Å². The van der Waals surface area contributed by atoms with Crippen LogP contribution in [0.4, 0.5) is 0 Å². The molecule has 0 bridgehead atoms. The van der Waals surface area contributed by atoms with E-state index in [0.29, 0.717) is 12.1 Å². The molecule has 0 aromatic carbocycles.